The number of ether oxygens (including phenoxy) is 3. The van der Waals surface area contributed by atoms with Crippen molar-refractivity contribution in [1.82, 2.24) is 14.4 Å². The van der Waals surface area contributed by atoms with Crippen molar-refractivity contribution in [1.29, 1.82) is 0 Å². The highest BCUT2D eigenvalue weighted by molar-refractivity contribution is 5.86. The Hall–Kier alpha value is -2.58. The molecule has 2 aliphatic rings. The number of aryl methyl sites for hydroxylation is 1. The Morgan fingerprint density at radius 1 is 1.20 bits per heavy atom. The first-order chi connectivity index (χ1) is 16.8. The number of para-hydroxylation sites is 1. The van der Waals surface area contributed by atoms with Crippen molar-refractivity contribution in [3.63, 3.8) is 0 Å². The van der Waals surface area contributed by atoms with Crippen LogP contribution >= 0.6 is 0 Å². The molecule has 2 aromatic rings. The molecule has 0 bridgehead atoms. The van der Waals surface area contributed by atoms with Gasteiger partial charge >= 0.3 is 6.09 Å². The number of rotatable bonds is 8. The van der Waals surface area contributed by atoms with Gasteiger partial charge in [0.2, 0.25) is 0 Å². The Labute approximate surface area is 208 Å². The van der Waals surface area contributed by atoms with Crippen molar-refractivity contribution in [3.8, 4) is 0 Å². The van der Waals surface area contributed by atoms with Crippen LogP contribution in [0.3, 0.4) is 0 Å². The van der Waals surface area contributed by atoms with E-state index < -0.39 is 17.8 Å². The van der Waals surface area contributed by atoms with E-state index in [9.17, 15) is 9.59 Å². The van der Waals surface area contributed by atoms with E-state index in [4.69, 9.17) is 14.2 Å². The highest BCUT2D eigenvalue weighted by Gasteiger charge is 2.38. The van der Waals surface area contributed by atoms with Crippen LogP contribution in [0.1, 0.15) is 52.0 Å². The number of carbonyl (C=O) groups is 2. The molecule has 35 heavy (non-hydrogen) atoms. The monoisotopic (exact) mass is 485 g/mol. The number of carbonyl (C=O) groups excluding carboxylic acids is 2. The number of methoxy groups -OCH3 is 1. The third-order valence-corrected chi connectivity index (χ3v) is 6.75. The maximum Gasteiger partial charge on any atom is 0.410 e. The summed E-state index contributed by atoms with van der Waals surface area (Å²) in [7, 11) is 1.72. The second-order valence-electron chi connectivity index (χ2n) is 10.5. The van der Waals surface area contributed by atoms with Crippen LogP contribution in [0.15, 0.2) is 30.5 Å². The fraction of sp³-hybridized carbons (Fsp3) is 0.630. The van der Waals surface area contributed by atoms with Crippen LogP contribution < -0.4 is 0 Å². The van der Waals surface area contributed by atoms with E-state index in [1.54, 1.807) is 12.0 Å². The van der Waals surface area contributed by atoms with Gasteiger partial charge in [-0.05, 0) is 58.1 Å². The molecular formula is C27H39N3O5. The zero-order chi connectivity index (χ0) is 25.0. The zero-order valence-corrected chi connectivity index (χ0v) is 21.5. The highest BCUT2D eigenvalue weighted by atomic mass is 16.6. The fourth-order valence-electron chi connectivity index (χ4n) is 4.76. The molecule has 2 heterocycles. The van der Waals surface area contributed by atoms with Gasteiger partial charge in [-0.25, -0.2) is 4.79 Å². The molecule has 1 aromatic heterocycles. The van der Waals surface area contributed by atoms with Crippen LogP contribution in [0, 0.1) is 0 Å². The molecule has 0 radical (unpaired) electrons. The number of benzene rings is 1. The van der Waals surface area contributed by atoms with E-state index in [0.29, 0.717) is 26.3 Å². The van der Waals surface area contributed by atoms with Gasteiger partial charge in [-0.2, -0.15) is 0 Å². The van der Waals surface area contributed by atoms with E-state index in [-0.39, 0.29) is 18.5 Å². The lowest BCUT2D eigenvalue weighted by molar-refractivity contribution is -0.153. The first-order valence-electron chi connectivity index (χ1n) is 12.7. The van der Waals surface area contributed by atoms with Crippen LogP contribution in [0.4, 0.5) is 4.79 Å². The normalized spacial score (nSPS) is 19.0. The number of nitrogens with zero attached hydrogens (tertiary/aromatic N) is 3. The quantitative estimate of drug-likeness (QED) is 0.524. The van der Waals surface area contributed by atoms with Crippen molar-refractivity contribution < 1.29 is 23.8 Å². The molecule has 1 atom stereocenters. The summed E-state index contributed by atoms with van der Waals surface area (Å²) in [4.78, 5) is 29.9. The lowest BCUT2D eigenvalue weighted by atomic mass is 9.90. The molecule has 1 aromatic carbocycles. The minimum Gasteiger partial charge on any atom is -0.444 e. The molecule has 0 unspecified atom stereocenters. The summed E-state index contributed by atoms with van der Waals surface area (Å²) in [5.74, 6) is -0.0424. The Bertz CT molecular complexity index is 1020. The van der Waals surface area contributed by atoms with Crippen LogP contribution in [0.2, 0.25) is 0 Å². The van der Waals surface area contributed by atoms with Gasteiger partial charge in [0, 0.05) is 56.5 Å². The molecule has 2 fully saturated rings. The Balaban J connectivity index is 1.52. The second kappa shape index (κ2) is 11.0. The SMILES string of the molecule is COCCCn1cc(CN(C(=O)[C@H]2CN(C(=O)OC(C)(C)C)CCO2)C2CCC2)c2ccccc21. The molecule has 1 aliphatic carbocycles. The smallest absolute Gasteiger partial charge is 0.410 e. The van der Waals surface area contributed by atoms with Gasteiger partial charge in [0.05, 0.1) is 13.2 Å². The number of fused-ring (bicyclic) bond motifs is 1. The maximum atomic E-state index is 13.7. The third kappa shape index (κ3) is 6.16. The molecule has 8 nitrogen and oxygen atoms in total. The first kappa shape index (κ1) is 25.5. The van der Waals surface area contributed by atoms with Crippen molar-refractivity contribution in [2.45, 2.75) is 77.3 Å². The van der Waals surface area contributed by atoms with Gasteiger partial charge in [0.1, 0.15) is 5.60 Å². The molecular weight excluding hydrogens is 446 g/mol. The van der Waals surface area contributed by atoms with E-state index >= 15 is 0 Å². The largest absolute Gasteiger partial charge is 0.444 e. The molecule has 1 aliphatic heterocycles. The molecule has 8 heteroatoms. The van der Waals surface area contributed by atoms with Gasteiger partial charge in [0.15, 0.2) is 6.10 Å². The zero-order valence-electron chi connectivity index (χ0n) is 21.5. The van der Waals surface area contributed by atoms with Crippen molar-refractivity contribution >= 4 is 22.9 Å². The maximum absolute atomic E-state index is 13.7. The summed E-state index contributed by atoms with van der Waals surface area (Å²) < 4.78 is 18.9. The van der Waals surface area contributed by atoms with E-state index in [1.807, 2.05) is 31.7 Å². The van der Waals surface area contributed by atoms with E-state index in [2.05, 4.69) is 29.0 Å². The molecule has 0 N–H and O–H groups in total. The van der Waals surface area contributed by atoms with Crippen molar-refractivity contribution in [3.05, 3.63) is 36.0 Å². The standard InChI is InChI=1S/C27H39N3O5/c1-27(2,3)35-26(32)29-14-16-34-24(19-29)25(31)30(21-9-7-10-21)18-20-17-28(13-8-15-33-4)23-12-6-5-11-22(20)23/h5-6,11-12,17,21,24H,7-10,13-16,18-19H2,1-4H3/t24-/m1/s1. The van der Waals surface area contributed by atoms with E-state index in [1.165, 1.54) is 10.9 Å². The Morgan fingerprint density at radius 3 is 2.66 bits per heavy atom. The van der Waals surface area contributed by atoms with Crippen LogP contribution in [0.25, 0.3) is 10.9 Å². The summed E-state index contributed by atoms with van der Waals surface area (Å²) in [6.45, 7) is 8.62. The lowest BCUT2D eigenvalue weighted by Gasteiger charge is -2.41. The van der Waals surface area contributed by atoms with Gasteiger partial charge in [-0.3, -0.25) is 4.79 Å². The minimum absolute atomic E-state index is 0.0424. The lowest BCUT2D eigenvalue weighted by Crippen LogP contribution is -2.55. The second-order valence-corrected chi connectivity index (χ2v) is 10.5. The van der Waals surface area contributed by atoms with Crippen LogP contribution in [-0.2, 0) is 32.1 Å². The highest BCUT2D eigenvalue weighted by Crippen LogP contribution is 2.30. The molecule has 1 saturated carbocycles. The molecule has 2 amide bonds. The van der Waals surface area contributed by atoms with Crippen LogP contribution in [-0.4, -0.2) is 77.5 Å². The Morgan fingerprint density at radius 2 is 1.97 bits per heavy atom. The van der Waals surface area contributed by atoms with E-state index in [0.717, 1.165) is 37.8 Å². The first-order valence-corrected chi connectivity index (χ1v) is 12.7. The van der Waals surface area contributed by atoms with Gasteiger partial charge < -0.3 is 28.6 Å². The molecule has 1 saturated heterocycles. The summed E-state index contributed by atoms with van der Waals surface area (Å²) >= 11 is 0. The molecule has 0 spiro atoms. The number of hydrogen-bond donors (Lipinski definition) is 0. The van der Waals surface area contributed by atoms with Gasteiger partial charge in [-0.15, -0.1) is 0 Å². The third-order valence-electron chi connectivity index (χ3n) is 6.75. The number of hydrogen-bond acceptors (Lipinski definition) is 5. The summed E-state index contributed by atoms with van der Waals surface area (Å²) in [5, 5.41) is 1.17. The predicted molar refractivity (Wildman–Crippen MR) is 134 cm³/mol. The molecule has 192 valence electrons. The number of morpholine rings is 1. The topological polar surface area (TPSA) is 73.2 Å². The molecule has 4 rings (SSSR count). The average molecular weight is 486 g/mol. The number of aromatic nitrogens is 1. The summed E-state index contributed by atoms with van der Waals surface area (Å²) in [6.07, 6.45) is 5.16. The minimum atomic E-state index is -0.674. The van der Waals surface area contributed by atoms with Crippen LogP contribution in [0.5, 0.6) is 0 Å². The fourth-order valence-corrected chi connectivity index (χ4v) is 4.76. The van der Waals surface area contributed by atoms with Gasteiger partial charge in [0.25, 0.3) is 5.91 Å². The number of amides is 2. The van der Waals surface area contributed by atoms with Crippen molar-refractivity contribution in [2.75, 3.05) is 33.4 Å². The predicted octanol–water partition coefficient (Wildman–Crippen LogP) is 4.19. The van der Waals surface area contributed by atoms with Gasteiger partial charge in [-0.1, -0.05) is 18.2 Å². The van der Waals surface area contributed by atoms with Crippen molar-refractivity contribution in [2.24, 2.45) is 0 Å². The average Bonchev–Trinajstić information content (AvgIpc) is 3.14. The summed E-state index contributed by atoms with van der Waals surface area (Å²) in [6, 6.07) is 8.56. The Kier molecular flexibility index (Phi) is 8.02. The summed E-state index contributed by atoms with van der Waals surface area (Å²) in [5.41, 5.74) is 1.73.